The van der Waals surface area contributed by atoms with Crippen molar-refractivity contribution in [2.75, 3.05) is 6.54 Å². The molecule has 0 saturated carbocycles. The number of likely N-dealkylation sites (N-methyl/N-ethyl adjacent to an activating group) is 1. The normalized spacial score (nSPS) is 11.7. The molecule has 2 aromatic carbocycles. The average molecular weight is 356 g/mol. The molecule has 0 unspecified atom stereocenters. The molecule has 0 aromatic heterocycles. The summed E-state index contributed by atoms with van der Waals surface area (Å²) < 4.78 is 14.0. The Labute approximate surface area is 154 Å². The molecule has 2 amide bonds. The van der Waals surface area contributed by atoms with Crippen LogP contribution in [-0.2, 0) is 22.6 Å². The number of carbonyl (C=O) groups excluding carboxylic acids is 2. The van der Waals surface area contributed by atoms with E-state index in [4.69, 9.17) is 0 Å². The first-order valence-corrected chi connectivity index (χ1v) is 8.91. The summed E-state index contributed by atoms with van der Waals surface area (Å²) in [6.07, 6.45) is 0.414. The first-order chi connectivity index (χ1) is 12.6. The van der Waals surface area contributed by atoms with Crippen molar-refractivity contribution in [3.8, 4) is 0 Å². The van der Waals surface area contributed by atoms with E-state index in [0.29, 0.717) is 25.1 Å². The average Bonchev–Trinajstić information content (AvgIpc) is 2.64. The fourth-order valence-electron chi connectivity index (χ4n) is 2.90. The minimum Gasteiger partial charge on any atom is -0.355 e. The Morgan fingerprint density at radius 3 is 2.31 bits per heavy atom. The van der Waals surface area contributed by atoms with Crippen molar-refractivity contribution in [1.82, 2.24) is 10.2 Å². The molecule has 4 nitrogen and oxygen atoms in total. The summed E-state index contributed by atoms with van der Waals surface area (Å²) in [7, 11) is 0. The Morgan fingerprint density at radius 2 is 1.69 bits per heavy atom. The number of hydrogen-bond acceptors (Lipinski definition) is 2. The third-order valence-corrected chi connectivity index (χ3v) is 4.23. The zero-order chi connectivity index (χ0) is 18.9. The lowest BCUT2D eigenvalue weighted by Crippen LogP contribution is -2.49. The molecule has 1 atom stereocenters. The maximum absolute atomic E-state index is 14.0. The van der Waals surface area contributed by atoms with E-state index < -0.39 is 11.9 Å². The molecule has 2 aromatic rings. The van der Waals surface area contributed by atoms with Gasteiger partial charge in [0.05, 0.1) is 6.42 Å². The van der Waals surface area contributed by atoms with Gasteiger partial charge in [0.2, 0.25) is 11.8 Å². The largest absolute Gasteiger partial charge is 0.355 e. The number of carbonyl (C=O) groups is 2. The van der Waals surface area contributed by atoms with Gasteiger partial charge in [-0.3, -0.25) is 9.59 Å². The van der Waals surface area contributed by atoms with Gasteiger partial charge >= 0.3 is 0 Å². The Kier molecular flexibility index (Phi) is 7.33. The van der Waals surface area contributed by atoms with Gasteiger partial charge < -0.3 is 10.2 Å². The molecule has 0 saturated heterocycles. The predicted octanol–water partition coefficient (Wildman–Crippen LogP) is 3.31. The van der Waals surface area contributed by atoms with Crippen LogP contribution >= 0.6 is 0 Å². The highest BCUT2D eigenvalue weighted by Crippen LogP contribution is 2.16. The third-order valence-electron chi connectivity index (χ3n) is 4.23. The van der Waals surface area contributed by atoms with E-state index in [-0.39, 0.29) is 18.2 Å². The first-order valence-electron chi connectivity index (χ1n) is 8.91. The summed E-state index contributed by atoms with van der Waals surface area (Å²) in [6, 6.07) is 15.1. The quantitative estimate of drug-likeness (QED) is 0.789. The summed E-state index contributed by atoms with van der Waals surface area (Å²) in [4.78, 5) is 27.0. The molecule has 1 N–H and O–H groups in total. The fourth-order valence-corrected chi connectivity index (χ4v) is 2.90. The Balaban J connectivity index is 2.27. The molecule has 0 aliphatic carbocycles. The number of amides is 2. The molecule has 5 heteroatoms. The standard InChI is InChI=1S/C21H25FN2O2/c1-3-19(21(26)23-4-2)24(15-16-10-6-5-7-11-16)20(25)14-17-12-8-9-13-18(17)22/h5-13,19H,3-4,14-15H2,1-2H3,(H,23,26)/t19-/m1/s1. The van der Waals surface area contributed by atoms with E-state index in [2.05, 4.69) is 5.32 Å². The van der Waals surface area contributed by atoms with Gasteiger partial charge in [-0.05, 0) is 30.5 Å². The predicted molar refractivity (Wildman–Crippen MR) is 99.9 cm³/mol. The van der Waals surface area contributed by atoms with Crippen LogP contribution < -0.4 is 5.32 Å². The maximum atomic E-state index is 14.0. The highest BCUT2D eigenvalue weighted by atomic mass is 19.1. The summed E-state index contributed by atoms with van der Waals surface area (Å²) in [5.74, 6) is -0.864. The number of rotatable bonds is 8. The van der Waals surface area contributed by atoms with E-state index in [0.717, 1.165) is 5.56 Å². The van der Waals surface area contributed by atoms with Crippen molar-refractivity contribution in [2.24, 2.45) is 0 Å². The summed E-state index contributed by atoms with van der Waals surface area (Å²) in [5, 5.41) is 2.79. The summed E-state index contributed by atoms with van der Waals surface area (Å²) in [6.45, 7) is 4.52. The van der Waals surface area contributed by atoms with Gasteiger partial charge in [0.25, 0.3) is 0 Å². The van der Waals surface area contributed by atoms with Gasteiger partial charge in [0.1, 0.15) is 11.9 Å². The molecule has 138 valence electrons. The van der Waals surface area contributed by atoms with Gasteiger partial charge in [-0.25, -0.2) is 4.39 Å². The van der Waals surface area contributed by atoms with Crippen molar-refractivity contribution in [3.05, 3.63) is 71.5 Å². The van der Waals surface area contributed by atoms with Crippen LogP contribution in [-0.4, -0.2) is 29.3 Å². The van der Waals surface area contributed by atoms with Gasteiger partial charge in [-0.1, -0.05) is 55.5 Å². The summed E-state index contributed by atoms with van der Waals surface area (Å²) >= 11 is 0. The molecule has 0 aliphatic rings. The molecule has 0 radical (unpaired) electrons. The summed E-state index contributed by atoms with van der Waals surface area (Å²) in [5.41, 5.74) is 1.26. The van der Waals surface area contributed by atoms with Crippen LogP contribution in [0.4, 0.5) is 4.39 Å². The van der Waals surface area contributed by atoms with Crippen molar-refractivity contribution >= 4 is 11.8 Å². The zero-order valence-electron chi connectivity index (χ0n) is 15.2. The van der Waals surface area contributed by atoms with Gasteiger partial charge in [-0.2, -0.15) is 0 Å². The number of nitrogens with one attached hydrogen (secondary N) is 1. The van der Waals surface area contributed by atoms with Crippen LogP contribution in [0.15, 0.2) is 54.6 Å². The minimum atomic E-state index is -0.588. The number of nitrogens with zero attached hydrogens (tertiary/aromatic N) is 1. The first kappa shape index (κ1) is 19.6. The second-order valence-corrected chi connectivity index (χ2v) is 6.09. The van der Waals surface area contributed by atoms with Crippen molar-refractivity contribution < 1.29 is 14.0 Å². The molecule has 0 aliphatic heterocycles. The van der Waals surface area contributed by atoms with E-state index in [1.807, 2.05) is 44.2 Å². The maximum Gasteiger partial charge on any atom is 0.242 e. The number of hydrogen-bond donors (Lipinski definition) is 1. The fraction of sp³-hybridized carbons (Fsp3) is 0.333. The zero-order valence-corrected chi connectivity index (χ0v) is 15.2. The highest BCUT2D eigenvalue weighted by Gasteiger charge is 2.28. The lowest BCUT2D eigenvalue weighted by molar-refractivity contribution is -0.140. The molecule has 0 heterocycles. The highest BCUT2D eigenvalue weighted by molar-refractivity contribution is 5.88. The second kappa shape index (κ2) is 9.70. The van der Waals surface area contributed by atoms with Crippen molar-refractivity contribution in [2.45, 2.75) is 39.3 Å². The lowest BCUT2D eigenvalue weighted by atomic mass is 10.1. The lowest BCUT2D eigenvalue weighted by Gasteiger charge is -2.30. The van der Waals surface area contributed by atoms with Crippen molar-refractivity contribution in [3.63, 3.8) is 0 Å². The second-order valence-electron chi connectivity index (χ2n) is 6.09. The Bertz CT molecular complexity index is 734. The van der Waals surface area contributed by atoms with E-state index in [9.17, 15) is 14.0 Å². The van der Waals surface area contributed by atoms with Crippen molar-refractivity contribution in [1.29, 1.82) is 0 Å². The van der Waals surface area contributed by atoms with Crippen LogP contribution in [0.5, 0.6) is 0 Å². The molecule has 0 fully saturated rings. The van der Waals surface area contributed by atoms with Gasteiger partial charge in [-0.15, -0.1) is 0 Å². The van der Waals surface area contributed by atoms with Crippen LogP contribution in [0.3, 0.4) is 0 Å². The van der Waals surface area contributed by atoms with Gasteiger partial charge in [0.15, 0.2) is 0 Å². The minimum absolute atomic E-state index is 0.0740. The van der Waals surface area contributed by atoms with Gasteiger partial charge in [0, 0.05) is 13.1 Å². The molecule has 2 rings (SSSR count). The van der Waals surface area contributed by atoms with E-state index in [1.54, 1.807) is 23.1 Å². The molecular formula is C21H25FN2O2. The monoisotopic (exact) mass is 356 g/mol. The molecular weight excluding hydrogens is 331 g/mol. The van der Waals surface area contributed by atoms with Crippen LogP contribution in [0, 0.1) is 5.82 Å². The van der Waals surface area contributed by atoms with Crippen LogP contribution in [0.25, 0.3) is 0 Å². The van der Waals surface area contributed by atoms with E-state index >= 15 is 0 Å². The Morgan fingerprint density at radius 1 is 1.04 bits per heavy atom. The SMILES string of the molecule is CCNC(=O)[C@@H](CC)N(Cc1ccccc1)C(=O)Cc1ccccc1F. The third kappa shape index (κ3) is 5.15. The molecule has 0 spiro atoms. The van der Waals surface area contributed by atoms with Crippen LogP contribution in [0.2, 0.25) is 0 Å². The topological polar surface area (TPSA) is 49.4 Å². The smallest absolute Gasteiger partial charge is 0.242 e. The molecule has 26 heavy (non-hydrogen) atoms. The number of halogens is 1. The van der Waals surface area contributed by atoms with E-state index in [1.165, 1.54) is 6.07 Å². The number of benzene rings is 2. The Hall–Kier alpha value is -2.69. The van der Waals surface area contributed by atoms with Crippen LogP contribution in [0.1, 0.15) is 31.4 Å². The molecule has 0 bridgehead atoms.